The van der Waals surface area contributed by atoms with Crippen LogP contribution in [0.5, 0.6) is 5.75 Å². The molecule has 0 heterocycles. The van der Waals surface area contributed by atoms with E-state index >= 15 is 0 Å². The van der Waals surface area contributed by atoms with Crippen molar-refractivity contribution >= 4 is 46.8 Å². The Kier molecular flexibility index (Phi) is 9.27. The van der Waals surface area contributed by atoms with E-state index in [1.165, 1.54) is 36.3 Å². The fraction of sp³-hybridized carbons (Fsp3) is 0.333. The molecule has 0 aromatic heterocycles. The summed E-state index contributed by atoms with van der Waals surface area (Å²) in [4.78, 5) is 27.1. The average molecular weight is 473 g/mol. The van der Waals surface area contributed by atoms with E-state index in [1.54, 1.807) is 30.9 Å². The summed E-state index contributed by atoms with van der Waals surface area (Å²) in [5, 5.41) is 3.38. The number of hydrogen-bond donors (Lipinski definition) is 1. The highest BCUT2D eigenvalue weighted by atomic mass is 35.5. The van der Waals surface area contributed by atoms with Gasteiger partial charge in [-0.1, -0.05) is 29.3 Å². The molecule has 5 nitrogen and oxygen atoms in total. The molecule has 1 N–H and O–H groups in total. The van der Waals surface area contributed by atoms with E-state index in [0.29, 0.717) is 22.8 Å². The summed E-state index contributed by atoms with van der Waals surface area (Å²) in [6.07, 6.45) is 2.36. The largest absolute Gasteiger partial charge is 0.494 e. The van der Waals surface area contributed by atoms with Gasteiger partial charge in [0.05, 0.1) is 17.7 Å². The summed E-state index contributed by atoms with van der Waals surface area (Å²) in [6, 6.07) is 8.33. The Hall–Kier alpha value is -1.96. The Bertz CT molecular complexity index is 914. The quantitative estimate of drug-likeness (QED) is 0.576. The smallest absolute Gasteiger partial charge is 0.253 e. The third-order valence-electron chi connectivity index (χ3n) is 4.40. The Labute approximate surface area is 189 Å². The minimum Gasteiger partial charge on any atom is -0.494 e. The highest BCUT2D eigenvalue weighted by molar-refractivity contribution is 7.98. The van der Waals surface area contributed by atoms with Crippen molar-refractivity contribution in [1.29, 1.82) is 0 Å². The molecule has 9 heteroatoms. The minimum atomic E-state index is -0.746. The number of amides is 2. The lowest BCUT2D eigenvalue weighted by molar-refractivity contribution is -0.132. The number of carbonyl (C=O) groups is 2. The highest BCUT2D eigenvalue weighted by Gasteiger charge is 2.25. The van der Waals surface area contributed by atoms with Gasteiger partial charge in [0.15, 0.2) is 11.6 Å². The zero-order valence-electron chi connectivity index (χ0n) is 16.9. The van der Waals surface area contributed by atoms with Gasteiger partial charge in [-0.05, 0) is 54.3 Å². The normalized spacial score (nSPS) is 11.7. The standard InChI is InChI=1S/C21H23Cl2FN2O3S/c1-26(12-13-4-7-19(29-2)17(24)10-13)21(28)18(8-9-30-3)25-20(27)15-6-5-14(22)11-16(15)23/h4-7,10-11,18H,8-9,12H2,1-3H3,(H,25,27). The van der Waals surface area contributed by atoms with E-state index in [0.717, 1.165) is 0 Å². The van der Waals surface area contributed by atoms with Crippen LogP contribution in [-0.4, -0.2) is 48.9 Å². The Balaban J connectivity index is 2.13. The first-order valence-corrected chi connectivity index (χ1v) is 11.2. The molecule has 2 amide bonds. The number of thioether (sulfide) groups is 1. The number of ether oxygens (including phenoxy) is 1. The molecule has 0 bridgehead atoms. The Morgan fingerprint density at radius 2 is 1.97 bits per heavy atom. The lowest BCUT2D eigenvalue weighted by atomic mass is 10.1. The van der Waals surface area contributed by atoms with Gasteiger partial charge in [0.1, 0.15) is 6.04 Å². The van der Waals surface area contributed by atoms with Gasteiger partial charge in [0.2, 0.25) is 5.91 Å². The van der Waals surface area contributed by atoms with Crippen LogP contribution in [-0.2, 0) is 11.3 Å². The summed E-state index contributed by atoms with van der Waals surface area (Å²) in [6.45, 7) is 0.188. The van der Waals surface area contributed by atoms with Crippen molar-refractivity contribution in [2.24, 2.45) is 0 Å². The van der Waals surface area contributed by atoms with E-state index in [1.807, 2.05) is 6.26 Å². The molecule has 0 radical (unpaired) electrons. The van der Waals surface area contributed by atoms with E-state index in [2.05, 4.69) is 5.32 Å². The first kappa shape index (κ1) is 24.3. The van der Waals surface area contributed by atoms with Gasteiger partial charge in [-0.3, -0.25) is 9.59 Å². The second kappa shape index (κ2) is 11.4. The van der Waals surface area contributed by atoms with Gasteiger partial charge >= 0.3 is 0 Å². The lowest BCUT2D eigenvalue weighted by Gasteiger charge is -2.25. The van der Waals surface area contributed by atoms with Crippen LogP contribution in [0.25, 0.3) is 0 Å². The second-order valence-electron chi connectivity index (χ2n) is 6.59. The predicted molar refractivity (Wildman–Crippen MR) is 120 cm³/mol. The number of rotatable bonds is 9. The van der Waals surface area contributed by atoms with E-state index in [4.69, 9.17) is 27.9 Å². The summed E-state index contributed by atoms with van der Waals surface area (Å²) < 4.78 is 18.9. The van der Waals surface area contributed by atoms with Crippen LogP contribution >= 0.6 is 35.0 Å². The number of carbonyl (C=O) groups excluding carboxylic acids is 2. The van der Waals surface area contributed by atoms with Crippen LogP contribution in [0.1, 0.15) is 22.3 Å². The topological polar surface area (TPSA) is 58.6 Å². The number of likely N-dealkylation sites (N-methyl/N-ethyl adjacent to an activating group) is 1. The maximum Gasteiger partial charge on any atom is 0.253 e. The van der Waals surface area contributed by atoms with Gasteiger partial charge in [-0.25, -0.2) is 4.39 Å². The third-order valence-corrected chi connectivity index (χ3v) is 5.59. The van der Waals surface area contributed by atoms with Gasteiger partial charge in [-0.15, -0.1) is 0 Å². The molecule has 162 valence electrons. The van der Waals surface area contributed by atoms with Gasteiger partial charge in [-0.2, -0.15) is 11.8 Å². The van der Waals surface area contributed by atoms with Crippen molar-refractivity contribution in [1.82, 2.24) is 10.2 Å². The monoisotopic (exact) mass is 472 g/mol. The lowest BCUT2D eigenvalue weighted by Crippen LogP contribution is -2.47. The van der Waals surface area contributed by atoms with Crippen molar-refractivity contribution in [2.75, 3.05) is 26.2 Å². The molecule has 0 aliphatic heterocycles. The minimum absolute atomic E-state index is 0.137. The van der Waals surface area contributed by atoms with Crippen molar-refractivity contribution in [3.63, 3.8) is 0 Å². The molecule has 2 aromatic carbocycles. The number of methoxy groups -OCH3 is 1. The molecule has 0 saturated carbocycles. The van der Waals surface area contributed by atoms with E-state index < -0.39 is 17.8 Å². The average Bonchev–Trinajstić information content (AvgIpc) is 2.70. The SMILES string of the molecule is COc1ccc(CN(C)C(=O)C(CCSC)NC(=O)c2ccc(Cl)cc2Cl)cc1F. The molecule has 0 fully saturated rings. The van der Waals surface area contributed by atoms with E-state index in [-0.39, 0.29) is 28.8 Å². The Morgan fingerprint density at radius 1 is 1.23 bits per heavy atom. The van der Waals surface area contributed by atoms with Crippen molar-refractivity contribution < 1.29 is 18.7 Å². The highest BCUT2D eigenvalue weighted by Crippen LogP contribution is 2.22. The van der Waals surface area contributed by atoms with Gasteiger partial charge < -0.3 is 15.0 Å². The van der Waals surface area contributed by atoms with Crippen LogP contribution in [0.2, 0.25) is 10.0 Å². The number of benzene rings is 2. The van der Waals surface area contributed by atoms with Crippen LogP contribution < -0.4 is 10.1 Å². The molecule has 1 atom stereocenters. The maximum absolute atomic E-state index is 13.9. The summed E-state index contributed by atoms with van der Waals surface area (Å²) >= 11 is 13.6. The number of hydrogen-bond acceptors (Lipinski definition) is 4. The molecule has 0 aliphatic carbocycles. The van der Waals surface area contributed by atoms with Gasteiger partial charge in [0, 0.05) is 18.6 Å². The number of nitrogens with one attached hydrogen (secondary N) is 1. The zero-order chi connectivity index (χ0) is 22.3. The van der Waals surface area contributed by atoms with Crippen molar-refractivity contribution in [2.45, 2.75) is 19.0 Å². The first-order valence-electron chi connectivity index (χ1n) is 9.09. The molecular formula is C21H23Cl2FN2O3S. The van der Waals surface area contributed by atoms with Gasteiger partial charge in [0.25, 0.3) is 5.91 Å². The van der Waals surface area contributed by atoms with Crippen LogP contribution in [0.15, 0.2) is 36.4 Å². The van der Waals surface area contributed by atoms with Crippen LogP contribution in [0.4, 0.5) is 4.39 Å². The molecule has 0 spiro atoms. The zero-order valence-corrected chi connectivity index (χ0v) is 19.2. The number of nitrogens with zero attached hydrogens (tertiary/aromatic N) is 1. The number of halogens is 3. The molecule has 30 heavy (non-hydrogen) atoms. The summed E-state index contributed by atoms with van der Waals surface area (Å²) in [5.74, 6) is -0.423. The molecule has 1 unspecified atom stereocenters. The second-order valence-corrected chi connectivity index (χ2v) is 8.42. The third kappa shape index (κ3) is 6.52. The Morgan fingerprint density at radius 3 is 2.57 bits per heavy atom. The van der Waals surface area contributed by atoms with Crippen molar-refractivity contribution in [3.8, 4) is 5.75 Å². The molecule has 0 saturated heterocycles. The fourth-order valence-electron chi connectivity index (χ4n) is 2.83. The predicted octanol–water partition coefficient (Wildman–Crippen LogP) is 4.65. The summed E-state index contributed by atoms with van der Waals surface area (Å²) in [5.41, 5.74) is 0.850. The van der Waals surface area contributed by atoms with Crippen LogP contribution in [0.3, 0.4) is 0 Å². The van der Waals surface area contributed by atoms with E-state index in [9.17, 15) is 14.0 Å². The molecule has 2 aromatic rings. The molecular weight excluding hydrogens is 450 g/mol. The summed E-state index contributed by atoms with van der Waals surface area (Å²) in [7, 11) is 3.00. The van der Waals surface area contributed by atoms with Crippen LogP contribution in [0, 0.1) is 5.82 Å². The maximum atomic E-state index is 13.9. The molecule has 2 rings (SSSR count). The molecule has 0 aliphatic rings. The first-order chi connectivity index (χ1) is 14.3. The van der Waals surface area contributed by atoms with Crippen molar-refractivity contribution in [3.05, 3.63) is 63.4 Å². The fourth-order valence-corrected chi connectivity index (χ4v) is 3.79.